The highest BCUT2D eigenvalue weighted by Gasteiger charge is 2.31. The number of ether oxygens (including phenoxy) is 3. The van der Waals surface area contributed by atoms with E-state index in [0.29, 0.717) is 0 Å². The van der Waals surface area contributed by atoms with Crippen molar-refractivity contribution in [3.05, 3.63) is 109 Å². The number of fused-ring (bicyclic) bond motifs is 3. The molecule has 0 radical (unpaired) electrons. The second-order valence-electron chi connectivity index (χ2n) is 8.85. The molecule has 6 aromatic carbocycles. The Morgan fingerprint density at radius 2 is 0.676 bits per heavy atom. The molecule has 0 heterocycles. The number of rotatable bonds is 6. The van der Waals surface area contributed by atoms with Crippen LogP contribution in [0.3, 0.4) is 0 Å². The van der Waals surface area contributed by atoms with E-state index >= 15 is 0 Å². The Balaban J connectivity index is 1.86. The molecule has 0 N–H and O–H groups in total. The van der Waals surface area contributed by atoms with Gasteiger partial charge in [-0.1, -0.05) is 91.0 Å². The molecule has 0 aliphatic rings. The molecule has 0 saturated heterocycles. The highest BCUT2D eigenvalue weighted by atomic mass is 31.1. The second-order valence-corrected chi connectivity index (χ2v) is 10.9. The molecule has 0 atom stereocenters. The number of hydrogen-bond acceptors (Lipinski definition) is 3. The van der Waals surface area contributed by atoms with E-state index in [-0.39, 0.29) is 0 Å². The van der Waals surface area contributed by atoms with Crippen LogP contribution in [0.4, 0.5) is 0 Å². The first kappa shape index (κ1) is 23.3. The molecule has 0 aliphatic carbocycles. The maximum Gasteiger partial charge on any atom is 0.127 e. The number of methoxy groups -OCH3 is 3. The van der Waals surface area contributed by atoms with Gasteiger partial charge in [0.2, 0.25) is 0 Å². The lowest BCUT2D eigenvalue weighted by molar-refractivity contribution is 0.417. The van der Waals surface area contributed by atoms with E-state index in [1.807, 2.05) is 0 Å². The molecule has 0 unspecified atom stereocenters. The van der Waals surface area contributed by atoms with Gasteiger partial charge in [-0.25, -0.2) is 0 Å². The average Bonchev–Trinajstić information content (AvgIpc) is 2.97. The highest BCUT2D eigenvalue weighted by Crippen LogP contribution is 2.48. The topological polar surface area (TPSA) is 27.7 Å². The summed E-state index contributed by atoms with van der Waals surface area (Å²) in [5.41, 5.74) is 0. The van der Waals surface area contributed by atoms with Crippen molar-refractivity contribution in [2.24, 2.45) is 0 Å². The monoisotopic (exact) mass is 502 g/mol. The van der Waals surface area contributed by atoms with Crippen molar-refractivity contribution in [3.63, 3.8) is 0 Å². The molecule has 4 heteroatoms. The zero-order chi connectivity index (χ0) is 25.4. The molecular weight excluding hydrogens is 475 g/mol. The number of hydrogen-bond donors (Lipinski definition) is 0. The third-order valence-electron chi connectivity index (χ3n) is 6.92. The van der Waals surface area contributed by atoms with Gasteiger partial charge in [0.25, 0.3) is 0 Å². The third kappa shape index (κ3) is 3.87. The molecule has 6 aromatic rings. The van der Waals surface area contributed by atoms with Crippen LogP contribution in [-0.4, -0.2) is 21.3 Å². The van der Waals surface area contributed by atoms with Crippen LogP contribution in [0.2, 0.25) is 0 Å². The zero-order valence-electron chi connectivity index (χ0n) is 21.1. The van der Waals surface area contributed by atoms with Crippen molar-refractivity contribution < 1.29 is 14.2 Å². The summed E-state index contributed by atoms with van der Waals surface area (Å²) in [7, 11) is 4.06. The standard InChI is InChI=1S/C33H27O3P/c1-34-28-19-16-22-10-4-7-13-25(22)31(28)37(32-26-14-8-5-11-23(26)17-20-29(32)35-2)33-27-15-9-6-12-24(27)18-21-30(33)36-3/h4-21H,1-3H3. The normalized spacial score (nSPS) is 11.4. The molecule has 0 bridgehead atoms. The Morgan fingerprint density at radius 1 is 0.378 bits per heavy atom. The van der Waals surface area contributed by atoms with Gasteiger partial charge in [0.05, 0.1) is 21.3 Å². The Morgan fingerprint density at radius 3 is 0.973 bits per heavy atom. The summed E-state index contributed by atoms with van der Waals surface area (Å²) >= 11 is 0. The number of benzene rings is 6. The molecule has 37 heavy (non-hydrogen) atoms. The van der Waals surface area contributed by atoms with E-state index in [1.165, 1.54) is 16.2 Å². The first-order valence-electron chi connectivity index (χ1n) is 12.2. The summed E-state index contributed by atoms with van der Waals surface area (Å²) in [6.07, 6.45) is 0. The lowest BCUT2D eigenvalue weighted by Gasteiger charge is -2.28. The molecule has 0 amide bonds. The van der Waals surface area contributed by atoms with Gasteiger partial charge in [0.1, 0.15) is 17.2 Å². The van der Waals surface area contributed by atoms with E-state index in [9.17, 15) is 0 Å². The van der Waals surface area contributed by atoms with Gasteiger partial charge in [0, 0.05) is 23.8 Å². The van der Waals surface area contributed by atoms with Gasteiger partial charge in [-0.15, -0.1) is 0 Å². The van der Waals surface area contributed by atoms with E-state index in [0.717, 1.165) is 49.3 Å². The Kier molecular flexibility index (Phi) is 6.16. The molecule has 182 valence electrons. The van der Waals surface area contributed by atoms with E-state index < -0.39 is 7.92 Å². The smallest absolute Gasteiger partial charge is 0.127 e. The van der Waals surface area contributed by atoms with Crippen LogP contribution in [0.1, 0.15) is 0 Å². The Bertz CT molecular complexity index is 1550. The largest absolute Gasteiger partial charge is 0.496 e. The van der Waals surface area contributed by atoms with E-state index in [4.69, 9.17) is 14.2 Å². The average molecular weight is 503 g/mol. The Hall–Kier alpha value is -4.07. The minimum atomic E-state index is -1.20. The minimum absolute atomic E-state index is 0.856. The molecular formula is C33H27O3P. The van der Waals surface area contributed by atoms with Gasteiger partial charge in [-0.2, -0.15) is 0 Å². The van der Waals surface area contributed by atoms with E-state index in [2.05, 4.69) is 109 Å². The molecule has 0 spiro atoms. The molecule has 0 fully saturated rings. The van der Waals surface area contributed by atoms with Crippen LogP contribution < -0.4 is 30.1 Å². The summed E-state index contributed by atoms with van der Waals surface area (Å²) in [6, 6.07) is 38.2. The van der Waals surface area contributed by atoms with Crippen molar-refractivity contribution in [3.8, 4) is 17.2 Å². The van der Waals surface area contributed by atoms with Crippen LogP contribution in [-0.2, 0) is 0 Å². The SMILES string of the molecule is COc1ccc2ccccc2c1P(c1c(OC)ccc2ccccc12)c1c(OC)ccc2ccccc12. The van der Waals surface area contributed by atoms with Crippen molar-refractivity contribution in [2.45, 2.75) is 0 Å². The molecule has 0 saturated carbocycles. The molecule has 3 nitrogen and oxygen atoms in total. The predicted octanol–water partition coefficient (Wildman–Crippen LogP) is 6.93. The van der Waals surface area contributed by atoms with Crippen LogP contribution in [0, 0.1) is 0 Å². The van der Waals surface area contributed by atoms with Crippen LogP contribution in [0.5, 0.6) is 17.2 Å². The highest BCUT2D eigenvalue weighted by molar-refractivity contribution is 7.81. The molecule has 0 aliphatic heterocycles. The molecule has 0 aromatic heterocycles. The van der Waals surface area contributed by atoms with Crippen molar-refractivity contribution in [1.82, 2.24) is 0 Å². The predicted molar refractivity (Wildman–Crippen MR) is 157 cm³/mol. The summed E-state index contributed by atoms with van der Waals surface area (Å²) < 4.78 is 18.2. The zero-order valence-corrected chi connectivity index (χ0v) is 22.0. The summed E-state index contributed by atoms with van der Waals surface area (Å²) in [5.74, 6) is 2.57. The maximum atomic E-state index is 6.08. The van der Waals surface area contributed by atoms with Gasteiger partial charge in [-0.05, 0) is 50.5 Å². The summed E-state index contributed by atoms with van der Waals surface area (Å²) in [5, 5.41) is 10.5. The fourth-order valence-corrected chi connectivity index (χ4v) is 8.39. The fourth-order valence-electron chi connectivity index (χ4n) is 5.23. The van der Waals surface area contributed by atoms with Gasteiger partial charge in [-0.3, -0.25) is 0 Å². The van der Waals surface area contributed by atoms with Gasteiger partial charge in [0.15, 0.2) is 0 Å². The second kappa shape index (κ2) is 9.76. The van der Waals surface area contributed by atoms with Gasteiger partial charge >= 0.3 is 0 Å². The summed E-state index contributed by atoms with van der Waals surface area (Å²) in [4.78, 5) is 0. The molecule has 6 rings (SSSR count). The summed E-state index contributed by atoms with van der Waals surface area (Å²) in [6.45, 7) is 0. The van der Waals surface area contributed by atoms with Crippen LogP contribution in [0.15, 0.2) is 109 Å². The third-order valence-corrected chi connectivity index (χ3v) is 9.65. The maximum absolute atomic E-state index is 6.08. The van der Waals surface area contributed by atoms with Crippen molar-refractivity contribution in [2.75, 3.05) is 21.3 Å². The first-order chi connectivity index (χ1) is 18.2. The lowest BCUT2D eigenvalue weighted by atomic mass is 10.1. The minimum Gasteiger partial charge on any atom is -0.496 e. The fraction of sp³-hybridized carbons (Fsp3) is 0.0909. The Labute approximate surface area is 218 Å². The van der Waals surface area contributed by atoms with Crippen LogP contribution >= 0.6 is 7.92 Å². The van der Waals surface area contributed by atoms with Crippen molar-refractivity contribution >= 4 is 56.2 Å². The first-order valence-corrected chi connectivity index (χ1v) is 13.6. The van der Waals surface area contributed by atoms with E-state index in [1.54, 1.807) is 21.3 Å². The quantitative estimate of drug-likeness (QED) is 0.231. The van der Waals surface area contributed by atoms with Gasteiger partial charge < -0.3 is 14.2 Å². The lowest BCUT2D eigenvalue weighted by Crippen LogP contribution is -2.26. The van der Waals surface area contributed by atoms with Crippen LogP contribution in [0.25, 0.3) is 32.3 Å². The van der Waals surface area contributed by atoms with Crippen molar-refractivity contribution in [1.29, 1.82) is 0 Å².